The normalized spacial score (nSPS) is 21.7. The van der Waals surface area contributed by atoms with Gasteiger partial charge in [-0.2, -0.15) is 0 Å². The monoisotopic (exact) mass is 632 g/mol. The first kappa shape index (κ1) is 34.5. The fraction of sp³-hybridized carbons (Fsp3) is 0.650. The molecule has 3 heterocycles. The molecule has 6 heteroatoms. The van der Waals surface area contributed by atoms with Gasteiger partial charge in [0.05, 0.1) is 31.8 Å². The quantitative estimate of drug-likeness (QED) is 0.0930. The van der Waals surface area contributed by atoms with E-state index in [0.717, 1.165) is 32.1 Å². The number of unbranched alkanes of at least 4 members (excludes halogenated alkanes) is 11. The lowest BCUT2D eigenvalue weighted by Crippen LogP contribution is -2.60. The van der Waals surface area contributed by atoms with Crippen LogP contribution in [0.1, 0.15) is 134 Å². The summed E-state index contributed by atoms with van der Waals surface area (Å²) in [6.07, 6.45) is 20.6. The number of quaternary nitrogens is 1. The standard InChI is InChI=1S/C40H58NO5/c1-2-3-4-5-6-7-8-9-10-11-12-21-30-44-39(43)46-40(33-22-15-13-16-23-33,34-24-17-14-18-25-34)38(42)45-37-31-35-26-27-36(32-37)41(35)28-19-20-29-41/h13-18,22-25,35-37H,2-12,19-21,26-32H2,1H3/q+1. The molecule has 252 valence electrons. The van der Waals surface area contributed by atoms with Crippen molar-refractivity contribution in [2.75, 3.05) is 19.7 Å². The van der Waals surface area contributed by atoms with Gasteiger partial charge in [-0.1, -0.05) is 138 Å². The van der Waals surface area contributed by atoms with Crippen molar-refractivity contribution in [3.05, 3.63) is 71.8 Å². The van der Waals surface area contributed by atoms with E-state index in [1.807, 2.05) is 60.7 Å². The number of piperidine rings is 1. The first-order valence-corrected chi connectivity index (χ1v) is 18.6. The molecule has 0 amide bonds. The predicted octanol–water partition coefficient (Wildman–Crippen LogP) is 9.63. The summed E-state index contributed by atoms with van der Waals surface area (Å²) in [7, 11) is 0. The van der Waals surface area contributed by atoms with Gasteiger partial charge in [0.2, 0.25) is 0 Å². The highest BCUT2D eigenvalue weighted by Crippen LogP contribution is 2.47. The van der Waals surface area contributed by atoms with Crippen LogP contribution in [0.15, 0.2) is 60.7 Å². The van der Waals surface area contributed by atoms with Crippen LogP contribution in [0.3, 0.4) is 0 Å². The Bertz CT molecular complexity index is 1140. The van der Waals surface area contributed by atoms with Crippen LogP contribution in [0, 0.1) is 0 Å². The summed E-state index contributed by atoms with van der Waals surface area (Å²) in [6.45, 7) is 5.07. The zero-order valence-corrected chi connectivity index (χ0v) is 28.3. The van der Waals surface area contributed by atoms with Crippen LogP contribution in [0.25, 0.3) is 0 Å². The summed E-state index contributed by atoms with van der Waals surface area (Å²) in [6, 6.07) is 19.7. The lowest BCUT2D eigenvalue weighted by molar-refractivity contribution is -0.956. The molecule has 0 aromatic heterocycles. The molecule has 6 nitrogen and oxygen atoms in total. The maximum Gasteiger partial charge on any atom is 0.510 e. The number of hydrogen-bond donors (Lipinski definition) is 0. The molecule has 3 aliphatic rings. The number of carbonyl (C=O) groups is 2. The maximum atomic E-state index is 14.4. The lowest BCUT2D eigenvalue weighted by atomic mass is 9.85. The minimum absolute atomic E-state index is 0.179. The molecule has 0 saturated carbocycles. The molecule has 2 atom stereocenters. The van der Waals surface area contributed by atoms with Gasteiger partial charge in [0.15, 0.2) is 0 Å². The summed E-state index contributed by atoms with van der Waals surface area (Å²) < 4.78 is 19.4. The van der Waals surface area contributed by atoms with Crippen molar-refractivity contribution in [2.24, 2.45) is 0 Å². The fourth-order valence-electron chi connectivity index (χ4n) is 8.70. The van der Waals surface area contributed by atoms with E-state index in [-0.39, 0.29) is 12.7 Å². The minimum atomic E-state index is -1.74. The molecule has 3 aliphatic heterocycles. The molecule has 3 saturated heterocycles. The average molecular weight is 633 g/mol. The highest BCUT2D eigenvalue weighted by atomic mass is 16.7. The molecule has 0 radical (unpaired) electrons. The number of rotatable bonds is 18. The Hall–Kier alpha value is -2.86. The van der Waals surface area contributed by atoms with Crippen molar-refractivity contribution in [3.8, 4) is 0 Å². The van der Waals surface area contributed by atoms with Crippen LogP contribution in [0.4, 0.5) is 4.79 Å². The van der Waals surface area contributed by atoms with Gasteiger partial charge in [-0.05, 0) is 6.42 Å². The smallest absolute Gasteiger partial charge is 0.458 e. The third-order valence-corrected chi connectivity index (χ3v) is 11.1. The van der Waals surface area contributed by atoms with Crippen LogP contribution in [-0.4, -0.2) is 54.5 Å². The van der Waals surface area contributed by atoms with Gasteiger partial charge < -0.3 is 18.7 Å². The fourth-order valence-corrected chi connectivity index (χ4v) is 8.70. The number of carbonyl (C=O) groups excluding carboxylic acids is 2. The van der Waals surface area contributed by atoms with E-state index in [2.05, 4.69) is 6.92 Å². The highest BCUT2D eigenvalue weighted by molar-refractivity contribution is 5.88. The van der Waals surface area contributed by atoms with E-state index < -0.39 is 17.7 Å². The number of nitrogens with zero attached hydrogens (tertiary/aromatic N) is 1. The Balaban J connectivity index is 1.17. The van der Waals surface area contributed by atoms with Crippen molar-refractivity contribution in [1.82, 2.24) is 0 Å². The average Bonchev–Trinajstić information content (AvgIpc) is 3.63. The van der Waals surface area contributed by atoms with Gasteiger partial charge in [0.25, 0.3) is 5.60 Å². The summed E-state index contributed by atoms with van der Waals surface area (Å²) in [5.74, 6) is -0.536. The van der Waals surface area contributed by atoms with Crippen molar-refractivity contribution in [3.63, 3.8) is 0 Å². The van der Waals surface area contributed by atoms with Gasteiger partial charge in [0, 0.05) is 49.7 Å². The third kappa shape index (κ3) is 8.34. The van der Waals surface area contributed by atoms with E-state index in [4.69, 9.17) is 14.2 Å². The molecule has 5 rings (SSSR count). The Labute approximate surface area is 277 Å². The van der Waals surface area contributed by atoms with Gasteiger partial charge in [0.1, 0.15) is 6.10 Å². The second kappa shape index (κ2) is 17.3. The van der Waals surface area contributed by atoms with Gasteiger partial charge in [-0.3, -0.25) is 0 Å². The second-order valence-corrected chi connectivity index (χ2v) is 14.1. The van der Waals surface area contributed by atoms with Crippen LogP contribution in [0.5, 0.6) is 0 Å². The van der Waals surface area contributed by atoms with E-state index in [9.17, 15) is 9.59 Å². The predicted molar refractivity (Wildman–Crippen MR) is 182 cm³/mol. The molecule has 2 aromatic carbocycles. The number of ether oxygens (including phenoxy) is 3. The number of esters is 1. The molecule has 0 N–H and O–H groups in total. The van der Waals surface area contributed by atoms with Crippen molar-refractivity contribution >= 4 is 12.1 Å². The topological polar surface area (TPSA) is 61.8 Å². The molecule has 0 aliphatic carbocycles. The third-order valence-electron chi connectivity index (χ3n) is 11.1. The Morgan fingerprint density at radius 2 is 1.17 bits per heavy atom. The number of benzene rings is 2. The summed E-state index contributed by atoms with van der Waals surface area (Å²) in [5.41, 5.74) is -0.613. The zero-order valence-electron chi connectivity index (χ0n) is 28.3. The summed E-state index contributed by atoms with van der Waals surface area (Å²) >= 11 is 0. The molecular formula is C40H58NO5+. The van der Waals surface area contributed by atoms with Gasteiger partial charge in [-0.15, -0.1) is 0 Å². The van der Waals surface area contributed by atoms with Crippen molar-refractivity contribution < 1.29 is 28.3 Å². The maximum absolute atomic E-state index is 14.4. The van der Waals surface area contributed by atoms with E-state index in [0.29, 0.717) is 23.2 Å². The summed E-state index contributed by atoms with van der Waals surface area (Å²) in [4.78, 5) is 27.8. The number of hydrogen-bond acceptors (Lipinski definition) is 5. The Morgan fingerprint density at radius 3 is 1.67 bits per heavy atom. The van der Waals surface area contributed by atoms with Gasteiger partial charge >= 0.3 is 12.1 Å². The van der Waals surface area contributed by atoms with E-state index in [1.54, 1.807) is 0 Å². The molecule has 2 unspecified atom stereocenters. The van der Waals surface area contributed by atoms with E-state index >= 15 is 0 Å². The van der Waals surface area contributed by atoms with Crippen molar-refractivity contribution in [2.45, 2.75) is 146 Å². The molecule has 2 aromatic rings. The minimum Gasteiger partial charge on any atom is -0.458 e. The lowest BCUT2D eigenvalue weighted by Gasteiger charge is -2.47. The van der Waals surface area contributed by atoms with Crippen molar-refractivity contribution in [1.29, 1.82) is 0 Å². The van der Waals surface area contributed by atoms with Crippen LogP contribution in [0.2, 0.25) is 0 Å². The first-order valence-electron chi connectivity index (χ1n) is 18.6. The largest absolute Gasteiger partial charge is 0.510 e. The molecule has 3 fully saturated rings. The first-order chi connectivity index (χ1) is 22.6. The van der Waals surface area contributed by atoms with E-state index in [1.165, 1.54) is 101 Å². The molecular weight excluding hydrogens is 574 g/mol. The molecule has 1 spiro atoms. The highest BCUT2D eigenvalue weighted by Gasteiger charge is 2.57. The Kier molecular flexibility index (Phi) is 13.0. The second-order valence-electron chi connectivity index (χ2n) is 14.1. The summed E-state index contributed by atoms with van der Waals surface area (Å²) in [5, 5.41) is 0. The molecule has 2 bridgehead atoms. The van der Waals surface area contributed by atoms with Crippen LogP contribution in [-0.2, 0) is 24.6 Å². The van der Waals surface area contributed by atoms with Gasteiger partial charge in [-0.25, -0.2) is 9.59 Å². The van der Waals surface area contributed by atoms with Crippen LogP contribution >= 0.6 is 0 Å². The van der Waals surface area contributed by atoms with Crippen LogP contribution < -0.4 is 0 Å². The SMILES string of the molecule is CCCCCCCCCCCCCCOC(=O)OC(C(=O)OC1CC2CCC(C1)[N+]21CCCC1)(c1ccccc1)c1ccccc1. The molecule has 46 heavy (non-hydrogen) atoms. The Morgan fingerprint density at radius 1 is 0.696 bits per heavy atom. The zero-order chi connectivity index (χ0) is 32.1.